The summed E-state index contributed by atoms with van der Waals surface area (Å²) in [6.07, 6.45) is 3.19. The van der Waals surface area contributed by atoms with Gasteiger partial charge >= 0.3 is 5.97 Å². The fourth-order valence-electron chi connectivity index (χ4n) is 2.66. The summed E-state index contributed by atoms with van der Waals surface area (Å²) < 4.78 is 5.49. The molecule has 0 amide bonds. The number of ketones is 1. The van der Waals surface area contributed by atoms with Crippen LogP contribution < -0.4 is 0 Å². The Morgan fingerprint density at radius 3 is 2.47 bits per heavy atom. The van der Waals surface area contributed by atoms with Gasteiger partial charge in [-0.25, -0.2) is 0 Å². The number of rotatable bonds is 4. The summed E-state index contributed by atoms with van der Waals surface area (Å²) >= 11 is 0. The van der Waals surface area contributed by atoms with E-state index >= 15 is 0 Å². The molecule has 17 heavy (non-hydrogen) atoms. The fourth-order valence-corrected chi connectivity index (χ4v) is 2.66. The van der Waals surface area contributed by atoms with Crippen LogP contribution in [-0.2, 0) is 14.3 Å². The molecule has 0 radical (unpaired) electrons. The first kappa shape index (κ1) is 14.2. The van der Waals surface area contributed by atoms with E-state index in [2.05, 4.69) is 20.8 Å². The van der Waals surface area contributed by atoms with Gasteiger partial charge < -0.3 is 4.74 Å². The monoisotopic (exact) mass is 240 g/mol. The zero-order chi connectivity index (χ0) is 13.0. The Labute approximate surface area is 104 Å². The molecule has 0 aliphatic heterocycles. The second kappa shape index (κ2) is 6.18. The Bertz CT molecular complexity index is 283. The van der Waals surface area contributed by atoms with Gasteiger partial charge in [0, 0.05) is 0 Å². The molecule has 0 aromatic carbocycles. The molecule has 0 unspecified atom stereocenters. The van der Waals surface area contributed by atoms with Gasteiger partial charge in [-0.15, -0.1) is 0 Å². The third-order valence-electron chi connectivity index (χ3n) is 3.64. The molecule has 0 N–H and O–H groups in total. The van der Waals surface area contributed by atoms with Gasteiger partial charge in [0.1, 0.15) is 18.3 Å². The number of Topliss-reactive ketones (excluding diaryl/α,β-unsaturated/α-hetero) is 1. The number of ether oxygens (including phenoxy) is 1. The molecule has 0 spiro atoms. The van der Waals surface area contributed by atoms with Crippen molar-refractivity contribution in [2.45, 2.75) is 59.5 Å². The highest BCUT2D eigenvalue weighted by Gasteiger charge is 2.33. The van der Waals surface area contributed by atoms with Crippen LogP contribution in [0.25, 0.3) is 0 Å². The van der Waals surface area contributed by atoms with Crippen molar-refractivity contribution in [2.75, 3.05) is 0 Å². The molecule has 98 valence electrons. The maximum Gasteiger partial charge on any atom is 0.313 e. The largest absolute Gasteiger partial charge is 0.462 e. The van der Waals surface area contributed by atoms with Gasteiger partial charge in [-0.1, -0.05) is 27.2 Å². The molecule has 3 atom stereocenters. The lowest BCUT2D eigenvalue weighted by atomic mass is 9.75. The van der Waals surface area contributed by atoms with Crippen molar-refractivity contribution in [2.24, 2.45) is 17.8 Å². The normalized spacial score (nSPS) is 29.1. The minimum Gasteiger partial charge on any atom is -0.462 e. The quantitative estimate of drug-likeness (QED) is 0.560. The molecule has 1 aliphatic rings. The smallest absolute Gasteiger partial charge is 0.313 e. The number of esters is 1. The summed E-state index contributed by atoms with van der Waals surface area (Å²) in [4.78, 5) is 22.4. The zero-order valence-corrected chi connectivity index (χ0v) is 11.4. The lowest BCUT2D eigenvalue weighted by Gasteiger charge is -2.36. The van der Waals surface area contributed by atoms with Gasteiger partial charge in [-0.3, -0.25) is 9.59 Å². The van der Waals surface area contributed by atoms with E-state index in [0.29, 0.717) is 17.8 Å². The third kappa shape index (κ3) is 4.49. The third-order valence-corrected chi connectivity index (χ3v) is 3.64. The van der Waals surface area contributed by atoms with E-state index in [1.165, 1.54) is 13.3 Å². The van der Waals surface area contributed by atoms with Gasteiger partial charge in [0.25, 0.3) is 0 Å². The van der Waals surface area contributed by atoms with Crippen LogP contribution in [0.3, 0.4) is 0 Å². The van der Waals surface area contributed by atoms with E-state index in [1.54, 1.807) is 0 Å². The zero-order valence-electron chi connectivity index (χ0n) is 11.4. The number of carbonyl (C=O) groups is 2. The topological polar surface area (TPSA) is 43.4 Å². The van der Waals surface area contributed by atoms with Crippen molar-refractivity contribution in [3.05, 3.63) is 0 Å². The molecule has 0 aromatic rings. The second-order valence-corrected chi connectivity index (χ2v) is 5.73. The first-order chi connectivity index (χ1) is 7.90. The molecule has 0 heterocycles. The van der Waals surface area contributed by atoms with Crippen molar-refractivity contribution in [3.63, 3.8) is 0 Å². The van der Waals surface area contributed by atoms with Crippen molar-refractivity contribution in [3.8, 4) is 0 Å². The van der Waals surface area contributed by atoms with E-state index in [4.69, 9.17) is 4.74 Å². The van der Waals surface area contributed by atoms with Crippen molar-refractivity contribution >= 4 is 11.8 Å². The summed E-state index contributed by atoms with van der Waals surface area (Å²) in [6, 6.07) is 0. The Morgan fingerprint density at radius 2 is 1.94 bits per heavy atom. The van der Waals surface area contributed by atoms with Crippen molar-refractivity contribution < 1.29 is 14.3 Å². The Balaban J connectivity index is 2.57. The van der Waals surface area contributed by atoms with Gasteiger partial charge in [-0.05, 0) is 37.5 Å². The standard InChI is InChI=1S/C14H24O3/c1-9(2)12-6-5-10(3)7-13(12)17-14(16)8-11(4)15/h9-10,12-13H,5-8H2,1-4H3/t10-,12-,13+/m0/s1. The summed E-state index contributed by atoms with van der Waals surface area (Å²) in [7, 11) is 0. The highest BCUT2D eigenvalue weighted by molar-refractivity contribution is 5.94. The molecule has 3 nitrogen and oxygen atoms in total. The summed E-state index contributed by atoms with van der Waals surface area (Å²) in [5.74, 6) is 1.10. The minimum absolute atomic E-state index is 0.00519. The van der Waals surface area contributed by atoms with E-state index < -0.39 is 0 Å². The van der Waals surface area contributed by atoms with Gasteiger partial charge in [0.2, 0.25) is 0 Å². The molecule has 1 fully saturated rings. The average Bonchev–Trinajstić information content (AvgIpc) is 2.15. The van der Waals surface area contributed by atoms with Gasteiger partial charge in [0.05, 0.1) is 0 Å². The number of hydrogen-bond donors (Lipinski definition) is 0. The van der Waals surface area contributed by atoms with Gasteiger partial charge in [0.15, 0.2) is 0 Å². The highest BCUT2D eigenvalue weighted by Crippen LogP contribution is 2.35. The maximum atomic E-state index is 11.6. The molecule has 1 rings (SSSR count). The lowest BCUT2D eigenvalue weighted by Crippen LogP contribution is -2.36. The predicted octanol–water partition coefficient (Wildman–Crippen LogP) is 2.97. The summed E-state index contributed by atoms with van der Waals surface area (Å²) in [6.45, 7) is 7.96. The van der Waals surface area contributed by atoms with Crippen LogP contribution in [0.2, 0.25) is 0 Å². The molecule has 3 heteroatoms. The first-order valence-corrected chi connectivity index (χ1v) is 6.59. The predicted molar refractivity (Wildman–Crippen MR) is 66.5 cm³/mol. The summed E-state index contributed by atoms with van der Waals surface area (Å²) in [5.41, 5.74) is 0. The number of hydrogen-bond acceptors (Lipinski definition) is 3. The van der Waals surface area contributed by atoms with Crippen LogP contribution in [0, 0.1) is 17.8 Å². The maximum absolute atomic E-state index is 11.6. The van der Waals surface area contributed by atoms with Crippen LogP contribution in [0.15, 0.2) is 0 Å². The number of carbonyl (C=O) groups excluding carboxylic acids is 2. The highest BCUT2D eigenvalue weighted by atomic mass is 16.5. The van der Waals surface area contributed by atoms with Crippen LogP contribution in [-0.4, -0.2) is 17.9 Å². The summed E-state index contributed by atoms with van der Waals surface area (Å²) in [5, 5.41) is 0. The Hall–Kier alpha value is -0.860. The minimum atomic E-state index is -0.359. The molecule has 0 aromatic heterocycles. The van der Waals surface area contributed by atoms with Crippen molar-refractivity contribution in [1.82, 2.24) is 0 Å². The first-order valence-electron chi connectivity index (χ1n) is 6.59. The van der Waals surface area contributed by atoms with Crippen LogP contribution in [0.4, 0.5) is 0 Å². The lowest BCUT2D eigenvalue weighted by molar-refractivity contribution is -0.157. The molecular formula is C14H24O3. The van der Waals surface area contributed by atoms with Crippen LogP contribution in [0.1, 0.15) is 53.4 Å². The molecule has 0 saturated heterocycles. The van der Waals surface area contributed by atoms with E-state index in [1.807, 2.05) is 0 Å². The molecule has 1 aliphatic carbocycles. The van der Waals surface area contributed by atoms with E-state index in [0.717, 1.165) is 12.8 Å². The second-order valence-electron chi connectivity index (χ2n) is 5.73. The van der Waals surface area contributed by atoms with Crippen LogP contribution in [0.5, 0.6) is 0 Å². The van der Waals surface area contributed by atoms with Crippen LogP contribution >= 0.6 is 0 Å². The molecule has 0 bridgehead atoms. The van der Waals surface area contributed by atoms with E-state index in [-0.39, 0.29) is 24.3 Å². The Kier molecular flexibility index (Phi) is 5.16. The molecular weight excluding hydrogens is 216 g/mol. The van der Waals surface area contributed by atoms with Crippen molar-refractivity contribution in [1.29, 1.82) is 0 Å². The fraction of sp³-hybridized carbons (Fsp3) is 0.857. The Morgan fingerprint density at radius 1 is 1.29 bits per heavy atom. The SMILES string of the molecule is CC(=O)CC(=O)O[C@@H]1C[C@@H](C)CC[C@H]1C(C)C. The molecule has 1 saturated carbocycles. The average molecular weight is 240 g/mol. The van der Waals surface area contributed by atoms with E-state index in [9.17, 15) is 9.59 Å². The van der Waals surface area contributed by atoms with Gasteiger partial charge in [-0.2, -0.15) is 0 Å².